The fourth-order valence-corrected chi connectivity index (χ4v) is 3.87. The van der Waals surface area contributed by atoms with Crippen molar-refractivity contribution in [3.8, 4) is 0 Å². The molecule has 2 rings (SSSR count). The molecule has 3 nitrogen and oxygen atoms in total. The van der Waals surface area contributed by atoms with Gasteiger partial charge < -0.3 is 5.11 Å². The summed E-state index contributed by atoms with van der Waals surface area (Å²) < 4.78 is 0. The van der Waals surface area contributed by atoms with E-state index in [9.17, 15) is 4.79 Å². The number of thioether (sulfide) groups is 1. The molecule has 0 spiro atoms. The SMILES string of the molecule is CC(C)Cc1ccc([C@H](C)[C@H]2N[C@H](C(=O)O)CS2)cc1. The molecule has 0 amide bonds. The smallest absolute Gasteiger partial charge is 0.321 e. The Morgan fingerprint density at radius 3 is 2.50 bits per heavy atom. The molecular formula is C16H23NO2S. The lowest BCUT2D eigenvalue weighted by Gasteiger charge is -2.20. The van der Waals surface area contributed by atoms with Crippen LogP contribution in [0.1, 0.15) is 37.8 Å². The lowest BCUT2D eigenvalue weighted by atomic mass is 9.96. The number of benzene rings is 1. The van der Waals surface area contributed by atoms with Gasteiger partial charge in [-0.3, -0.25) is 10.1 Å². The molecule has 4 heteroatoms. The fourth-order valence-electron chi connectivity index (χ4n) is 2.53. The number of rotatable bonds is 5. The molecule has 1 saturated heterocycles. The largest absolute Gasteiger partial charge is 0.480 e. The van der Waals surface area contributed by atoms with Gasteiger partial charge in [0.1, 0.15) is 6.04 Å². The van der Waals surface area contributed by atoms with Crippen LogP contribution in [-0.4, -0.2) is 28.2 Å². The second kappa shape index (κ2) is 6.64. The third-order valence-electron chi connectivity index (χ3n) is 3.71. The molecule has 1 heterocycles. The van der Waals surface area contributed by atoms with E-state index in [0.29, 0.717) is 17.6 Å². The van der Waals surface area contributed by atoms with Crippen LogP contribution in [0.2, 0.25) is 0 Å². The van der Waals surface area contributed by atoms with Crippen molar-refractivity contribution < 1.29 is 9.90 Å². The molecular weight excluding hydrogens is 270 g/mol. The summed E-state index contributed by atoms with van der Waals surface area (Å²) in [5.41, 5.74) is 2.64. The topological polar surface area (TPSA) is 49.3 Å². The molecule has 20 heavy (non-hydrogen) atoms. The minimum Gasteiger partial charge on any atom is -0.480 e. The van der Waals surface area contributed by atoms with E-state index < -0.39 is 12.0 Å². The number of nitrogens with one attached hydrogen (secondary N) is 1. The van der Waals surface area contributed by atoms with E-state index in [0.717, 1.165) is 6.42 Å². The van der Waals surface area contributed by atoms with E-state index in [1.807, 2.05) is 0 Å². The Hall–Kier alpha value is -1.00. The van der Waals surface area contributed by atoms with Crippen molar-refractivity contribution in [3.05, 3.63) is 35.4 Å². The summed E-state index contributed by atoms with van der Waals surface area (Å²) in [6.45, 7) is 6.61. The first-order valence-electron chi connectivity index (χ1n) is 7.16. The van der Waals surface area contributed by atoms with E-state index in [4.69, 9.17) is 5.11 Å². The van der Waals surface area contributed by atoms with Crippen molar-refractivity contribution in [2.24, 2.45) is 5.92 Å². The van der Waals surface area contributed by atoms with Gasteiger partial charge in [-0.25, -0.2) is 0 Å². The Morgan fingerprint density at radius 1 is 1.35 bits per heavy atom. The van der Waals surface area contributed by atoms with Crippen molar-refractivity contribution in [1.82, 2.24) is 5.32 Å². The summed E-state index contributed by atoms with van der Waals surface area (Å²) in [6.07, 6.45) is 1.10. The number of hydrogen-bond donors (Lipinski definition) is 2. The molecule has 0 saturated carbocycles. The van der Waals surface area contributed by atoms with E-state index in [1.54, 1.807) is 11.8 Å². The molecule has 0 radical (unpaired) electrons. The highest BCUT2D eigenvalue weighted by Crippen LogP contribution is 2.31. The first-order chi connectivity index (χ1) is 9.47. The fraction of sp³-hybridized carbons (Fsp3) is 0.562. The van der Waals surface area contributed by atoms with Crippen molar-refractivity contribution in [3.63, 3.8) is 0 Å². The maximum absolute atomic E-state index is 11.0. The van der Waals surface area contributed by atoms with Crippen molar-refractivity contribution in [2.75, 3.05) is 5.75 Å². The molecule has 0 aliphatic carbocycles. The molecule has 1 aromatic rings. The molecule has 0 unspecified atom stereocenters. The van der Waals surface area contributed by atoms with Gasteiger partial charge in [-0.05, 0) is 23.5 Å². The van der Waals surface area contributed by atoms with Gasteiger partial charge in [0.05, 0.1) is 5.37 Å². The first-order valence-corrected chi connectivity index (χ1v) is 8.21. The van der Waals surface area contributed by atoms with Gasteiger partial charge in [-0.1, -0.05) is 45.0 Å². The first kappa shape index (κ1) is 15.4. The summed E-state index contributed by atoms with van der Waals surface area (Å²) in [7, 11) is 0. The van der Waals surface area contributed by atoms with Crippen LogP contribution in [0.4, 0.5) is 0 Å². The van der Waals surface area contributed by atoms with Crippen LogP contribution in [-0.2, 0) is 11.2 Å². The zero-order valence-electron chi connectivity index (χ0n) is 12.3. The van der Waals surface area contributed by atoms with Crippen LogP contribution in [0.5, 0.6) is 0 Å². The Balaban J connectivity index is 1.99. The quantitative estimate of drug-likeness (QED) is 0.876. The zero-order valence-corrected chi connectivity index (χ0v) is 13.1. The van der Waals surface area contributed by atoms with Gasteiger partial charge in [0.15, 0.2) is 0 Å². The zero-order chi connectivity index (χ0) is 14.7. The Morgan fingerprint density at radius 2 is 2.00 bits per heavy atom. The van der Waals surface area contributed by atoms with Crippen LogP contribution in [0.3, 0.4) is 0 Å². The van der Waals surface area contributed by atoms with Gasteiger partial charge >= 0.3 is 5.97 Å². The maximum Gasteiger partial charge on any atom is 0.321 e. The van der Waals surface area contributed by atoms with E-state index in [-0.39, 0.29) is 5.37 Å². The number of hydrogen-bond acceptors (Lipinski definition) is 3. The second-order valence-electron chi connectivity index (χ2n) is 5.94. The van der Waals surface area contributed by atoms with Gasteiger partial charge in [0, 0.05) is 11.7 Å². The standard InChI is InChI=1S/C16H23NO2S/c1-10(2)8-12-4-6-13(7-5-12)11(3)15-17-14(9-20-15)16(18)19/h4-7,10-11,14-15,17H,8-9H2,1-3H3,(H,18,19)/t11-,14-,15-/m0/s1. The molecule has 0 aromatic heterocycles. The predicted octanol–water partition coefficient (Wildman–Crippen LogP) is 3.10. The van der Waals surface area contributed by atoms with Crippen molar-refractivity contribution in [1.29, 1.82) is 0 Å². The van der Waals surface area contributed by atoms with Crippen molar-refractivity contribution in [2.45, 2.75) is 44.5 Å². The Kier molecular flexibility index (Phi) is 5.11. The number of carboxylic acid groups (broad SMARTS) is 1. The maximum atomic E-state index is 11.0. The van der Waals surface area contributed by atoms with Crippen LogP contribution in [0, 0.1) is 5.92 Å². The van der Waals surface area contributed by atoms with E-state index in [2.05, 4.69) is 50.4 Å². The third kappa shape index (κ3) is 3.76. The minimum absolute atomic E-state index is 0.187. The van der Waals surface area contributed by atoms with Crippen LogP contribution < -0.4 is 5.32 Å². The highest BCUT2D eigenvalue weighted by atomic mass is 32.2. The summed E-state index contributed by atoms with van der Waals surface area (Å²) >= 11 is 1.70. The predicted molar refractivity (Wildman–Crippen MR) is 84.2 cm³/mol. The third-order valence-corrected chi connectivity index (χ3v) is 5.14. The molecule has 2 N–H and O–H groups in total. The molecule has 110 valence electrons. The highest BCUT2D eigenvalue weighted by Gasteiger charge is 2.32. The Labute approximate surface area is 125 Å². The van der Waals surface area contributed by atoms with Crippen LogP contribution >= 0.6 is 11.8 Å². The number of carboxylic acids is 1. The van der Waals surface area contributed by atoms with Gasteiger partial charge in [0.25, 0.3) is 0 Å². The summed E-state index contributed by atoms with van der Waals surface area (Å²) in [5, 5.41) is 12.4. The summed E-state index contributed by atoms with van der Waals surface area (Å²) in [5.74, 6) is 0.883. The molecule has 1 aliphatic rings. The normalized spacial score (nSPS) is 24.0. The minimum atomic E-state index is -0.750. The van der Waals surface area contributed by atoms with Gasteiger partial charge in [-0.15, -0.1) is 11.8 Å². The monoisotopic (exact) mass is 293 g/mol. The molecule has 3 atom stereocenters. The highest BCUT2D eigenvalue weighted by molar-refractivity contribution is 8.00. The average Bonchev–Trinajstić information content (AvgIpc) is 2.88. The lowest BCUT2D eigenvalue weighted by molar-refractivity contribution is -0.138. The number of aliphatic carboxylic acids is 1. The molecule has 1 aromatic carbocycles. The van der Waals surface area contributed by atoms with Crippen molar-refractivity contribution >= 4 is 17.7 Å². The Bertz CT molecular complexity index is 458. The summed E-state index contributed by atoms with van der Waals surface area (Å²) in [4.78, 5) is 11.0. The summed E-state index contributed by atoms with van der Waals surface area (Å²) in [6, 6.07) is 8.34. The van der Waals surface area contributed by atoms with Gasteiger partial charge in [0.2, 0.25) is 0 Å². The van der Waals surface area contributed by atoms with Crippen LogP contribution in [0.25, 0.3) is 0 Å². The van der Waals surface area contributed by atoms with E-state index in [1.165, 1.54) is 11.1 Å². The van der Waals surface area contributed by atoms with Gasteiger partial charge in [-0.2, -0.15) is 0 Å². The molecule has 1 aliphatic heterocycles. The molecule has 1 fully saturated rings. The number of carbonyl (C=O) groups is 1. The average molecular weight is 293 g/mol. The van der Waals surface area contributed by atoms with E-state index >= 15 is 0 Å². The van der Waals surface area contributed by atoms with Crippen LogP contribution in [0.15, 0.2) is 24.3 Å². The second-order valence-corrected chi connectivity index (χ2v) is 7.11. The lowest BCUT2D eigenvalue weighted by Crippen LogP contribution is -2.38. The molecule has 0 bridgehead atoms.